The molecule has 110 valence electrons. The predicted molar refractivity (Wildman–Crippen MR) is 78.1 cm³/mol. The SMILES string of the molecule is CS(=O)(=O)NCCCNC(=O)c1csc(C#CCO)c1. The highest BCUT2D eigenvalue weighted by Gasteiger charge is 2.07. The zero-order valence-corrected chi connectivity index (χ0v) is 12.6. The number of hydrogen-bond donors (Lipinski definition) is 3. The van der Waals surface area contributed by atoms with Crippen molar-refractivity contribution >= 4 is 27.3 Å². The Hall–Kier alpha value is -1.40. The van der Waals surface area contributed by atoms with Crippen LogP contribution in [0.4, 0.5) is 0 Å². The minimum Gasteiger partial charge on any atom is -0.384 e. The van der Waals surface area contributed by atoms with Gasteiger partial charge < -0.3 is 10.4 Å². The highest BCUT2D eigenvalue weighted by Crippen LogP contribution is 2.13. The van der Waals surface area contributed by atoms with Gasteiger partial charge in [-0.25, -0.2) is 13.1 Å². The summed E-state index contributed by atoms with van der Waals surface area (Å²) in [7, 11) is -3.18. The molecule has 1 heterocycles. The molecule has 6 nitrogen and oxygen atoms in total. The van der Waals surface area contributed by atoms with Crippen molar-refractivity contribution in [3.05, 3.63) is 21.9 Å². The van der Waals surface area contributed by atoms with Gasteiger partial charge in [-0.3, -0.25) is 4.79 Å². The summed E-state index contributed by atoms with van der Waals surface area (Å²) >= 11 is 1.33. The van der Waals surface area contributed by atoms with E-state index in [1.54, 1.807) is 11.4 Å². The first-order valence-electron chi connectivity index (χ1n) is 5.83. The number of rotatable bonds is 6. The number of thiophene rings is 1. The molecule has 0 spiro atoms. The van der Waals surface area contributed by atoms with Crippen LogP contribution in [0.5, 0.6) is 0 Å². The van der Waals surface area contributed by atoms with Crippen LogP contribution >= 0.6 is 11.3 Å². The van der Waals surface area contributed by atoms with Gasteiger partial charge >= 0.3 is 0 Å². The summed E-state index contributed by atoms with van der Waals surface area (Å²) in [6.45, 7) is 0.456. The lowest BCUT2D eigenvalue weighted by molar-refractivity contribution is 0.0954. The van der Waals surface area contributed by atoms with E-state index in [-0.39, 0.29) is 19.1 Å². The van der Waals surface area contributed by atoms with Crippen molar-refractivity contribution in [1.29, 1.82) is 0 Å². The van der Waals surface area contributed by atoms with Crippen molar-refractivity contribution < 1.29 is 18.3 Å². The van der Waals surface area contributed by atoms with E-state index in [1.807, 2.05) is 0 Å². The number of carbonyl (C=O) groups is 1. The lowest BCUT2D eigenvalue weighted by atomic mass is 10.3. The second-order valence-corrected chi connectivity index (χ2v) is 6.68. The van der Waals surface area contributed by atoms with Gasteiger partial charge in [0.15, 0.2) is 0 Å². The molecule has 3 N–H and O–H groups in total. The first-order chi connectivity index (χ1) is 9.42. The second kappa shape index (κ2) is 8.01. The van der Waals surface area contributed by atoms with Gasteiger partial charge in [0.1, 0.15) is 6.61 Å². The van der Waals surface area contributed by atoms with E-state index in [9.17, 15) is 13.2 Å². The largest absolute Gasteiger partial charge is 0.384 e. The number of nitrogens with one attached hydrogen (secondary N) is 2. The molecule has 0 aromatic carbocycles. The Bertz CT molecular complexity index is 611. The number of aliphatic hydroxyl groups is 1. The maximum Gasteiger partial charge on any atom is 0.252 e. The molecule has 0 radical (unpaired) electrons. The number of sulfonamides is 1. The van der Waals surface area contributed by atoms with E-state index in [4.69, 9.17) is 5.11 Å². The number of carbonyl (C=O) groups excluding carboxylic acids is 1. The van der Waals surface area contributed by atoms with E-state index in [1.165, 1.54) is 11.3 Å². The summed E-state index contributed by atoms with van der Waals surface area (Å²) in [4.78, 5) is 12.5. The quantitative estimate of drug-likeness (QED) is 0.499. The molecule has 0 aliphatic carbocycles. The van der Waals surface area contributed by atoms with E-state index in [0.29, 0.717) is 23.4 Å². The molecule has 0 saturated heterocycles. The summed E-state index contributed by atoms with van der Waals surface area (Å²) < 4.78 is 24.0. The standard InChI is InChI=1S/C12H16N2O4S2/c1-20(17,18)14-6-3-5-13-12(16)10-8-11(19-9-10)4-2-7-15/h8-9,14-15H,3,5-7H2,1H3,(H,13,16). The van der Waals surface area contributed by atoms with Crippen LogP contribution < -0.4 is 10.0 Å². The van der Waals surface area contributed by atoms with E-state index >= 15 is 0 Å². The molecule has 0 bridgehead atoms. The molecule has 8 heteroatoms. The molecule has 0 aliphatic rings. The van der Waals surface area contributed by atoms with E-state index < -0.39 is 10.0 Å². The fraction of sp³-hybridized carbons (Fsp3) is 0.417. The monoisotopic (exact) mass is 316 g/mol. The van der Waals surface area contributed by atoms with Crippen molar-refractivity contribution in [2.75, 3.05) is 26.0 Å². The zero-order chi connectivity index (χ0) is 15.0. The minimum atomic E-state index is -3.18. The average molecular weight is 316 g/mol. The van der Waals surface area contributed by atoms with Crippen molar-refractivity contribution in [3.63, 3.8) is 0 Å². The normalized spacial score (nSPS) is 10.7. The molecule has 1 rings (SSSR count). The van der Waals surface area contributed by atoms with Gasteiger partial charge in [0, 0.05) is 18.5 Å². The van der Waals surface area contributed by atoms with E-state index in [2.05, 4.69) is 21.9 Å². The van der Waals surface area contributed by atoms with Gasteiger partial charge in [-0.15, -0.1) is 11.3 Å². The number of hydrogen-bond acceptors (Lipinski definition) is 5. The average Bonchev–Trinajstić information content (AvgIpc) is 2.83. The Labute approximate surface area is 122 Å². The van der Waals surface area contributed by atoms with Crippen molar-refractivity contribution in [2.24, 2.45) is 0 Å². The van der Waals surface area contributed by atoms with Crippen LogP contribution in [0.15, 0.2) is 11.4 Å². The second-order valence-electron chi connectivity index (χ2n) is 3.94. The smallest absolute Gasteiger partial charge is 0.252 e. The molecule has 20 heavy (non-hydrogen) atoms. The van der Waals surface area contributed by atoms with Crippen molar-refractivity contribution in [3.8, 4) is 11.8 Å². The Morgan fingerprint density at radius 2 is 2.20 bits per heavy atom. The molecule has 0 fully saturated rings. The zero-order valence-electron chi connectivity index (χ0n) is 11.0. The first kappa shape index (κ1) is 16.7. The highest BCUT2D eigenvalue weighted by molar-refractivity contribution is 7.88. The molecule has 0 atom stereocenters. The number of amides is 1. The third-order valence-corrected chi connectivity index (χ3v) is 3.73. The Morgan fingerprint density at radius 3 is 2.85 bits per heavy atom. The Balaban J connectivity index is 2.34. The van der Waals surface area contributed by atoms with Crippen LogP contribution in [0, 0.1) is 11.8 Å². The van der Waals surface area contributed by atoms with Crippen molar-refractivity contribution in [2.45, 2.75) is 6.42 Å². The van der Waals surface area contributed by atoms with Gasteiger partial charge in [0.2, 0.25) is 10.0 Å². The fourth-order valence-corrected chi connectivity index (χ4v) is 2.57. The molecule has 1 aromatic rings. The maximum atomic E-state index is 11.8. The van der Waals surface area contributed by atoms with Crippen LogP contribution in [0.1, 0.15) is 21.7 Å². The van der Waals surface area contributed by atoms with Crippen LogP contribution in [-0.2, 0) is 10.0 Å². The molecule has 0 saturated carbocycles. The topological polar surface area (TPSA) is 95.5 Å². The minimum absolute atomic E-state index is 0.216. The van der Waals surface area contributed by atoms with Crippen LogP contribution in [0.25, 0.3) is 0 Å². The fourth-order valence-electron chi connectivity index (χ4n) is 1.30. The molecular weight excluding hydrogens is 300 g/mol. The Kier molecular flexibility index (Phi) is 6.67. The summed E-state index contributed by atoms with van der Waals surface area (Å²) in [6.07, 6.45) is 1.60. The van der Waals surface area contributed by atoms with Gasteiger partial charge in [-0.2, -0.15) is 0 Å². The summed E-state index contributed by atoms with van der Waals surface area (Å²) in [5.74, 6) is 5.01. The van der Waals surface area contributed by atoms with Gasteiger partial charge in [0.05, 0.1) is 16.7 Å². The predicted octanol–water partition coefficient (Wildman–Crippen LogP) is -0.239. The number of aliphatic hydroxyl groups excluding tert-OH is 1. The molecule has 1 amide bonds. The molecule has 0 aliphatic heterocycles. The van der Waals surface area contributed by atoms with Gasteiger partial charge in [0.25, 0.3) is 5.91 Å². The van der Waals surface area contributed by atoms with Crippen LogP contribution in [0.2, 0.25) is 0 Å². The first-order valence-corrected chi connectivity index (χ1v) is 8.60. The summed E-state index contributed by atoms with van der Waals surface area (Å²) in [6, 6.07) is 1.65. The molecular formula is C12H16N2O4S2. The Morgan fingerprint density at radius 1 is 1.45 bits per heavy atom. The third kappa shape index (κ3) is 6.68. The van der Waals surface area contributed by atoms with Gasteiger partial charge in [-0.1, -0.05) is 11.8 Å². The highest BCUT2D eigenvalue weighted by atomic mass is 32.2. The summed E-state index contributed by atoms with van der Waals surface area (Å²) in [5.41, 5.74) is 0.508. The van der Waals surface area contributed by atoms with Crippen LogP contribution in [-0.4, -0.2) is 45.4 Å². The lowest BCUT2D eigenvalue weighted by Gasteiger charge is -2.04. The van der Waals surface area contributed by atoms with Crippen LogP contribution in [0.3, 0.4) is 0 Å². The summed E-state index contributed by atoms with van der Waals surface area (Å²) in [5, 5.41) is 12.9. The van der Waals surface area contributed by atoms with Crippen molar-refractivity contribution in [1.82, 2.24) is 10.0 Å². The lowest BCUT2D eigenvalue weighted by Crippen LogP contribution is -2.29. The van der Waals surface area contributed by atoms with E-state index in [0.717, 1.165) is 6.26 Å². The van der Waals surface area contributed by atoms with Gasteiger partial charge in [-0.05, 0) is 12.5 Å². The maximum absolute atomic E-state index is 11.8. The molecule has 1 aromatic heterocycles. The molecule has 0 unspecified atom stereocenters. The third-order valence-electron chi connectivity index (χ3n) is 2.16.